The van der Waals surface area contributed by atoms with Crippen molar-refractivity contribution in [2.24, 2.45) is 0 Å². The molecule has 5 heteroatoms. The van der Waals surface area contributed by atoms with Gasteiger partial charge in [0.15, 0.2) is 0 Å². The van der Waals surface area contributed by atoms with Gasteiger partial charge in [-0.3, -0.25) is 9.36 Å². The first kappa shape index (κ1) is 11.9. The summed E-state index contributed by atoms with van der Waals surface area (Å²) in [5.74, 6) is -0.0639. The number of imidazole rings is 1. The Morgan fingerprint density at radius 1 is 1.16 bits per heavy atom. The Labute approximate surface area is 111 Å². The molecule has 19 heavy (non-hydrogen) atoms. The number of hydrogen-bond acceptors (Lipinski definition) is 4. The van der Waals surface area contributed by atoms with E-state index in [9.17, 15) is 4.79 Å². The first-order chi connectivity index (χ1) is 9.34. The van der Waals surface area contributed by atoms with Crippen molar-refractivity contribution in [3.63, 3.8) is 0 Å². The maximum atomic E-state index is 12.1. The first-order valence-electron chi connectivity index (χ1n) is 6.30. The number of hydrogen-bond donors (Lipinski definition) is 0. The van der Waals surface area contributed by atoms with Gasteiger partial charge in [-0.25, -0.2) is 4.98 Å². The van der Waals surface area contributed by atoms with Gasteiger partial charge in [-0.05, 0) is 24.3 Å². The first-order valence-corrected chi connectivity index (χ1v) is 6.30. The van der Waals surface area contributed by atoms with E-state index in [2.05, 4.69) is 9.88 Å². The van der Waals surface area contributed by atoms with Crippen LogP contribution >= 0.6 is 0 Å². The summed E-state index contributed by atoms with van der Waals surface area (Å²) in [4.78, 5) is 18.2. The Bertz CT molecular complexity index is 543. The number of carbonyl (C=O) groups is 1. The summed E-state index contributed by atoms with van der Waals surface area (Å²) in [5, 5.41) is 0. The molecule has 0 aliphatic carbocycles. The fourth-order valence-corrected chi connectivity index (χ4v) is 2.16. The summed E-state index contributed by atoms with van der Waals surface area (Å²) in [7, 11) is 0. The molecule has 0 radical (unpaired) electrons. The predicted octanol–water partition coefficient (Wildman–Crippen LogP) is 1.41. The van der Waals surface area contributed by atoms with Crippen LogP contribution in [0.25, 0.3) is 0 Å². The lowest BCUT2D eigenvalue weighted by molar-refractivity contribution is 0.0959. The normalized spacial score (nSPS) is 15.5. The van der Waals surface area contributed by atoms with Gasteiger partial charge < -0.3 is 9.64 Å². The highest BCUT2D eigenvalue weighted by Gasteiger charge is 2.12. The van der Waals surface area contributed by atoms with Crippen molar-refractivity contribution in [3.8, 4) is 0 Å². The largest absolute Gasteiger partial charge is 0.378 e. The molecule has 1 aliphatic heterocycles. The maximum Gasteiger partial charge on any atom is 0.263 e. The van der Waals surface area contributed by atoms with Gasteiger partial charge in [0.25, 0.3) is 5.91 Å². The van der Waals surface area contributed by atoms with E-state index in [1.54, 1.807) is 12.4 Å². The molecule has 2 heterocycles. The highest BCUT2D eigenvalue weighted by atomic mass is 16.5. The van der Waals surface area contributed by atoms with Gasteiger partial charge in [0.1, 0.15) is 6.33 Å². The molecule has 5 nitrogen and oxygen atoms in total. The van der Waals surface area contributed by atoms with E-state index in [-0.39, 0.29) is 5.91 Å². The highest BCUT2D eigenvalue weighted by Crippen LogP contribution is 2.17. The third-order valence-corrected chi connectivity index (χ3v) is 3.23. The van der Waals surface area contributed by atoms with Crippen LogP contribution in [0.4, 0.5) is 5.69 Å². The molecule has 0 amide bonds. The Balaban J connectivity index is 1.77. The Hall–Kier alpha value is -2.14. The number of nitrogens with zero attached hydrogens (tertiary/aromatic N) is 3. The van der Waals surface area contributed by atoms with Crippen molar-refractivity contribution < 1.29 is 9.53 Å². The smallest absolute Gasteiger partial charge is 0.263 e. The molecule has 1 saturated heterocycles. The molecular weight excluding hydrogens is 242 g/mol. The summed E-state index contributed by atoms with van der Waals surface area (Å²) in [6.07, 6.45) is 4.76. The van der Waals surface area contributed by atoms with Crippen molar-refractivity contribution in [1.82, 2.24) is 9.55 Å². The molecule has 98 valence electrons. The lowest BCUT2D eigenvalue weighted by Crippen LogP contribution is -2.36. The zero-order valence-electron chi connectivity index (χ0n) is 10.5. The van der Waals surface area contributed by atoms with Gasteiger partial charge in [0.05, 0.1) is 13.2 Å². The van der Waals surface area contributed by atoms with Crippen LogP contribution in [0.5, 0.6) is 0 Å². The molecule has 3 rings (SSSR count). The lowest BCUT2D eigenvalue weighted by atomic mass is 10.1. The van der Waals surface area contributed by atoms with Gasteiger partial charge in [-0.15, -0.1) is 0 Å². The van der Waals surface area contributed by atoms with Crippen molar-refractivity contribution in [1.29, 1.82) is 0 Å². The van der Waals surface area contributed by atoms with Crippen LogP contribution in [0.15, 0.2) is 43.0 Å². The quantitative estimate of drug-likeness (QED) is 0.816. The van der Waals surface area contributed by atoms with E-state index < -0.39 is 0 Å². The molecule has 1 fully saturated rings. The SMILES string of the molecule is O=C(c1ccc(N2CCOCC2)cc1)n1ccnc1. The number of carbonyl (C=O) groups excluding carboxylic acids is 1. The average Bonchev–Trinajstić information content (AvgIpc) is 3.02. The highest BCUT2D eigenvalue weighted by molar-refractivity contribution is 5.96. The molecular formula is C14H15N3O2. The average molecular weight is 257 g/mol. The lowest BCUT2D eigenvalue weighted by Gasteiger charge is -2.28. The third kappa shape index (κ3) is 2.51. The summed E-state index contributed by atoms with van der Waals surface area (Å²) >= 11 is 0. The van der Waals surface area contributed by atoms with E-state index in [1.165, 1.54) is 10.9 Å². The standard InChI is InChI=1S/C14H15N3O2/c18-14(17-6-5-15-11-17)12-1-3-13(4-2-12)16-7-9-19-10-8-16/h1-6,11H,7-10H2. The second-order valence-electron chi connectivity index (χ2n) is 4.42. The Morgan fingerprint density at radius 3 is 2.53 bits per heavy atom. The van der Waals surface area contributed by atoms with Gasteiger partial charge >= 0.3 is 0 Å². The van der Waals surface area contributed by atoms with E-state index in [4.69, 9.17) is 4.74 Å². The minimum Gasteiger partial charge on any atom is -0.378 e. The van der Waals surface area contributed by atoms with Crippen molar-refractivity contribution in [3.05, 3.63) is 48.5 Å². The maximum absolute atomic E-state index is 12.1. The van der Waals surface area contributed by atoms with Crippen LogP contribution in [-0.2, 0) is 4.74 Å². The summed E-state index contributed by atoms with van der Waals surface area (Å²) in [6, 6.07) is 7.67. The molecule has 0 atom stereocenters. The predicted molar refractivity (Wildman–Crippen MR) is 71.4 cm³/mol. The zero-order valence-corrected chi connectivity index (χ0v) is 10.5. The molecule has 1 aromatic carbocycles. The van der Waals surface area contributed by atoms with Crippen LogP contribution in [0.3, 0.4) is 0 Å². The number of rotatable bonds is 2. The number of aromatic nitrogens is 2. The van der Waals surface area contributed by atoms with Gasteiger partial charge in [0.2, 0.25) is 0 Å². The van der Waals surface area contributed by atoms with Crippen LogP contribution < -0.4 is 4.90 Å². The van der Waals surface area contributed by atoms with Crippen molar-refractivity contribution in [2.45, 2.75) is 0 Å². The fraction of sp³-hybridized carbons (Fsp3) is 0.286. The van der Waals surface area contributed by atoms with E-state index in [0.29, 0.717) is 5.56 Å². The fourth-order valence-electron chi connectivity index (χ4n) is 2.16. The van der Waals surface area contributed by atoms with Gasteiger partial charge in [0, 0.05) is 36.7 Å². The second-order valence-corrected chi connectivity index (χ2v) is 4.42. The van der Waals surface area contributed by atoms with E-state index in [0.717, 1.165) is 32.0 Å². The van der Waals surface area contributed by atoms with Crippen molar-refractivity contribution in [2.75, 3.05) is 31.2 Å². The molecule has 1 aliphatic rings. The second kappa shape index (κ2) is 5.24. The Morgan fingerprint density at radius 2 is 1.89 bits per heavy atom. The third-order valence-electron chi connectivity index (χ3n) is 3.23. The van der Waals surface area contributed by atoms with E-state index >= 15 is 0 Å². The van der Waals surface area contributed by atoms with Crippen LogP contribution in [-0.4, -0.2) is 41.8 Å². The van der Waals surface area contributed by atoms with Crippen LogP contribution in [0.1, 0.15) is 10.4 Å². The molecule has 0 bridgehead atoms. The number of anilines is 1. The minimum absolute atomic E-state index is 0.0639. The monoisotopic (exact) mass is 257 g/mol. The molecule has 0 N–H and O–H groups in total. The topological polar surface area (TPSA) is 47.4 Å². The molecule has 2 aromatic rings. The molecule has 1 aromatic heterocycles. The van der Waals surface area contributed by atoms with Gasteiger partial charge in [-0.1, -0.05) is 0 Å². The summed E-state index contributed by atoms with van der Waals surface area (Å²) in [5.41, 5.74) is 1.79. The molecule has 0 unspecified atom stereocenters. The minimum atomic E-state index is -0.0639. The van der Waals surface area contributed by atoms with E-state index in [1.807, 2.05) is 24.3 Å². The number of benzene rings is 1. The van der Waals surface area contributed by atoms with Gasteiger partial charge in [-0.2, -0.15) is 0 Å². The summed E-state index contributed by atoms with van der Waals surface area (Å²) < 4.78 is 6.80. The van der Waals surface area contributed by atoms with Crippen molar-refractivity contribution >= 4 is 11.6 Å². The molecule has 0 saturated carbocycles. The van der Waals surface area contributed by atoms with Crippen LogP contribution in [0, 0.1) is 0 Å². The Kier molecular flexibility index (Phi) is 3.29. The number of ether oxygens (including phenoxy) is 1. The van der Waals surface area contributed by atoms with Crippen LogP contribution in [0.2, 0.25) is 0 Å². The molecule has 0 spiro atoms. The summed E-state index contributed by atoms with van der Waals surface area (Å²) in [6.45, 7) is 3.31. The zero-order chi connectivity index (χ0) is 13.1. The number of morpholine rings is 1.